The average Bonchev–Trinajstić information content (AvgIpc) is 2.95. The molecule has 0 nitrogen and oxygen atoms in total. The largest absolute Gasteiger partial charge is 0.206 e. The third-order valence-corrected chi connectivity index (χ3v) is 5.90. The molecule has 0 saturated carbocycles. The molecule has 1 aliphatic carbocycles. The van der Waals surface area contributed by atoms with E-state index < -0.39 is 0 Å². The molecule has 0 spiro atoms. The fourth-order valence-electron chi connectivity index (χ4n) is 3.99. The van der Waals surface area contributed by atoms with Crippen molar-refractivity contribution in [2.75, 3.05) is 0 Å². The van der Waals surface area contributed by atoms with Gasteiger partial charge in [0.2, 0.25) is 0 Å². The standard InChI is InChI=1S/C28H33F/c1-5-22(12-9-20(2)3)23-7-6-8-25(16-15-23)27-18-17-26(19-28(27)29)24-13-10-21(4)11-14-24/h6,8,10-11,13-20,22H,5,7,9,12H2,1-4H3. The smallest absolute Gasteiger partial charge is 0.131 e. The van der Waals surface area contributed by atoms with Crippen molar-refractivity contribution in [3.05, 3.63) is 89.3 Å². The van der Waals surface area contributed by atoms with Crippen LogP contribution in [0, 0.1) is 24.6 Å². The van der Waals surface area contributed by atoms with E-state index in [2.05, 4.69) is 64.1 Å². The number of rotatable bonds is 7. The average molecular weight is 389 g/mol. The summed E-state index contributed by atoms with van der Waals surface area (Å²) < 4.78 is 15.0. The van der Waals surface area contributed by atoms with E-state index >= 15 is 0 Å². The van der Waals surface area contributed by atoms with E-state index in [0.29, 0.717) is 11.5 Å². The first-order valence-electron chi connectivity index (χ1n) is 10.9. The summed E-state index contributed by atoms with van der Waals surface area (Å²) >= 11 is 0. The molecule has 0 radical (unpaired) electrons. The van der Waals surface area contributed by atoms with Gasteiger partial charge in [-0.1, -0.05) is 99.0 Å². The van der Waals surface area contributed by atoms with E-state index in [1.54, 1.807) is 6.07 Å². The normalized spacial score (nSPS) is 15.1. The molecule has 0 amide bonds. The first-order chi connectivity index (χ1) is 14.0. The molecular formula is C28H33F. The van der Waals surface area contributed by atoms with Crippen molar-refractivity contribution in [1.82, 2.24) is 0 Å². The highest BCUT2D eigenvalue weighted by Crippen LogP contribution is 2.31. The van der Waals surface area contributed by atoms with Gasteiger partial charge in [0.05, 0.1) is 0 Å². The number of allylic oxidation sites excluding steroid dienone is 6. The van der Waals surface area contributed by atoms with Crippen LogP contribution in [-0.2, 0) is 0 Å². The summed E-state index contributed by atoms with van der Waals surface area (Å²) in [6, 6.07) is 13.8. The molecule has 0 aliphatic heterocycles. The van der Waals surface area contributed by atoms with Crippen LogP contribution in [0.25, 0.3) is 16.7 Å². The summed E-state index contributed by atoms with van der Waals surface area (Å²) in [4.78, 5) is 0. The van der Waals surface area contributed by atoms with Crippen LogP contribution in [0.1, 0.15) is 57.6 Å². The van der Waals surface area contributed by atoms with Gasteiger partial charge in [0.1, 0.15) is 5.82 Å². The first-order valence-corrected chi connectivity index (χ1v) is 10.9. The van der Waals surface area contributed by atoms with Crippen LogP contribution in [-0.4, -0.2) is 0 Å². The topological polar surface area (TPSA) is 0 Å². The minimum atomic E-state index is -0.164. The van der Waals surface area contributed by atoms with Crippen molar-refractivity contribution in [2.45, 2.75) is 53.4 Å². The summed E-state index contributed by atoms with van der Waals surface area (Å²) in [7, 11) is 0. The number of hydrogen-bond donors (Lipinski definition) is 0. The highest BCUT2D eigenvalue weighted by Gasteiger charge is 2.14. The van der Waals surface area contributed by atoms with Crippen molar-refractivity contribution in [1.29, 1.82) is 0 Å². The first kappa shape index (κ1) is 21.3. The van der Waals surface area contributed by atoms with Crippen LogP contribution < -0.4 is 0 Å². The Kier molecular flexibility index (Phi) is 7.25. The molecule has 1 atom stereocenters. The Bertz CT molecular complexity index is 910. The third kappa shape index (κ3) is 5.56. The van der Waals surface area contributed by atoms with Crippen LogP contribution in [0.2, 0.25) is 0 Å². The predicted molar refractivity (Wildman–Crippen MR) is 124 cm³/mol. The second kappa shape index (κ2) is 9.87. The lowest BCUT2D eigenvalue weighted by Gasteiger charge is -2.18. The van der Waals surface area contributed by atoms with Crippen molar-refractivity contribution >= 4 is 5.57 Å². The molecule has 0 aromatic heterocycles. The van der Waals surface area contributed by atoms with Crippen LogP contribution in [0.15, 0.2) is 72.3 Å². The number of hydrogen-bond acceptors (Lipinski definition) is 0. The quantitative estimate of drug-likeness (QED) is 0.446. The van der Waals surface area contributed by atoms with E-state index in [1.807, 2.05) is 24.3 Å². The molecule has 0 saturated heterocycles. The van der Waals surface area contributed by atoms with Gasteiger partial charge in [0.15, 0.2) is 0 Å². The Labute approximate surface area is 175 Å². The second-order valence-corrected chi connectivity index (χ2v) is 8.61. The maximum Gasteiger partial charge on any atom is 0.131 e. The Morgan fingerprint density at radius 3 is 2.31 bits per heavy atom. The van der Waals surface area contributed by atoms with Gasteiger partial charge in [0.25, 0.3) is 0 Å². The van der Waals surface area contributed by atoms with Crippen LogP contribution in [0.5, 0.6) is 0 Å². The summed E-state index contributed by atoms with van der Waals surface area (Å²) in [6.07, 6.45) is 13.2. The SMILES string of the molecule is CCC(CCC(C)C)C1=CC=C(c2ccc(-c3ccc(C)cc3)cc2F)C=CC1. The maximum atomic E-state index is 15.0. The van der Waals surface area contributed by atoms with E-state index in [4.69, 9.17) is 0 Å². The molecule has 152 valence electrons. The van der Waals surface area contributed by atoms with Gasteiger partial charge in [-0.2, -0.15) is 0 Å². The fraction of sp³-hybridized carbons (Fsp3) is 0.357. The summed E-state index contributed by atoms with van der Waals surface area (Å²) in [5, 5.41) is 0. The molecule has 0 heterocycles. The van der Waals surface area contributed by atoms with Gasteiger partial charge in [-0.3, -0.25) is 0 Å². The molecule has 0 bridgehead atoms. The van der Waals surface area contributed by atoms with Gasteiger partial charge in [-0.25, -0.2) is 4.39 Å². The lowest BCUT2D eigenvalue weighted by Crippen LogP contribution is -2.04. The summed E-state index contributed by atoms with van der Waals surface area (Å²) in [6.45, 7) is 8.91. The lowest BCUT2D eigenvalue weighted by atomic mass is 9.87. The zero-order chi connectivity index (χ0) is 20.8. The van der Waals surface area contributed by atoms with Gasteiger partial charge in [-0.05, 0) is 60.8 Å². The van der Waals surface area contributed by atoms with Crippen molar-refractivity contribution in [3.63, 3.8) is 0 Å². The van der Waals surface area contributed by atoms with E-state index in [0.717, 1.165) is 35.5 Å². The molecule has 1 heteroatoms. The monoisotopic (exact) mass is 388 g/mol. The van der Waals surface area contributed by atoms with Crippen LogP contribution >= 0.6 is 0 Å². The molecule has 1 aliphatic rings. The predicted octanol–water partition coefficient (Wildman–Crippen LogP) is 8.53. The van der Waals surface area contributed by atoms with E-state index in [9.17, 15) is 4.39 Å². The van der Waals surface area contributed by atoms with E-state index in [-0.39, 0.29) is 5.82 Å². The van der Waals surface area contributed by atoms with Crippen LogP contribution in [0.3, 0.4) is 0 Å². The minimum absolute atomic E-state index is 0.164. The second-order valence-electron chi connectivity index (χ2n) is 8.61. The lowest BCUT2D eigenvalue weighted by molar-refractivity contribution is 0.453. The van der Waals surface area contributed by atoms with Crippen molar-refractivity contribution in [3.8, 4) is 11.1 Å². The van der Waals surface area contributed by atoms with Gasteiger partial charge in [0, 0.05) is 5.56 Å². The Morgan fingerprint density at radius 2 is 1.66 bits per heavy atom. The van der Waals surface area contributed by atoms with Crippen LogP contribution in [0.4, 0.5) is 4.39 Å². The fourth-order valence-corrected chi connectivity index (χ4v) is 3.99. The van der Waals surface area contributed by atoms with Gasteiger partial charge < -0.3 is 0 Å². The molecule has 2 aromatic carbocycles. The number of halogens is 1. The van der Waals surface area contributed by atoms with Gasteiger partial charge >= 0.3 is 0 Å². The zero-order valence-corrected chi connectivity index (χ0v) is 18.2. The Hall–Kier alpha value is -2.41. The minimum Gasteiger partial charge on any atom is -0.206 e. The highest BCUT2D eigenvalue weighted by molar-refractivity contribution is 5.78. The van der Waals surface area contributed by atoms with E-state index in [1.165, 1.54) is 24.0 Å². The molecule has 29 heavy (non-hydrogen) atoms. The van der Waals surface area contributed by atoms with Crippen molar-refractivity contribution in [2.24, 2.45) is 11.8 Å². The number of benzene rings is 2. The Morgan fingerprint density at radius 1 is 0.931 bits per heavy atom. The molecule has 1 unspecified atom stereocenters. The maximum absolute atomic E-state index is 15.0. The molecule has 0 fully saturated rings. The summed E-state index contributed by atoms with van der Waals surface area (Å²) in [5.74, 6) is 1.19. The molecule has 0 N–H and O–H groups in total. The summed E-state index contributed by atoms with van der Waals surface area (Å²) in [5.41, 5.74) is 6.26. The molecule has 3 rings (SSSR count). The molecular weight excluding hydrogens is 355 g/mol. The third-order valence-electron chi connectivity index (χ3n) is 5.90. The number of aryl methyl sites for hydroxylation is 1. The Balaban J connectivity index is 1.83. The highest BCUT2D eigenvalue weighted by atomic mass is 19.1. The zero-order valence-electron chi connectivity index (χ0n) is 18.2. The van der Waals surface area contributed by atoms with Gasteiger partial charge in [-0.15, -0.1) is 0 Å². The molecule has 2 aromatic rings. The van der Waals surface area contributed by atoms with Crippen molar-refractivity contribution < 1.29 is 4.39 Å².